The number of nitrogens with zero attached hydrogens (tertiary/aromatic N) is 4. The second kappa shape index (κ2) is 8.71. The maximum Gasteiger partial charge on any atom is 0.321 e. The van der Waals surface area contributed by atoms with Crippen molar-refractivity contribution < 1.29 is 13.6 Å². The highest BCUT2D eigenvalue weighted by atomic mass is 32.1. The number of piperidine rings is 1. The summed E-state index contributed by atoms with van der Waals surface area (Å²) in [6.45, 7) is 5.14. The second-order valence-electron chi connectivity index (χ2n) is 7.81. The molecule has 0 spiro atoms. The minimum Gasteiger partial charge on any atom is -0.367 e. The number of urea groups is 1. The van der Waals surface area contributed by atoms with Crippen LogP contribution in [0.5, 0.6) is 0 Å². The molecular formula is C20H26F2N6OS. The molecule has 3 heterocycles. The molecule has 0 bridgehead atoms. The van der Waals surface area contributed by atoms with Gasteiger partial charge in [0.1, 0.15) is 11.5 Å². The number of benzene rings is 1. The van der Waals surface area contributed by atoms with Gasteiger partial charge in [-0.3, -0.25) is 5.10 Å². The van der Waals surface area contributed by atoms with E-state index >= 15 is 0 Å². The van der Waals surface area contributed by atoms with E-state index in [1.807, 2.05) is 11.5 Å². The second-order valence-corrected chi connectivity index (χ2v) is 8.19. The van der Waals surface area contributed by atoms with Crippen LogP contribution in [-0.4, -0.2) is 51.9 Å². The van der Waals surface area contributed by atoms with Crippen molar-refractivity contribution in [2.24, 2.45) is 0 Å². The molecule has 0 atom stereocenters. The SMILES string of the molecule is CCn1c(C2CCN(C(=O)Nc3cc(F)c(N4CCCC4)c(F)c3)CC2)n[nH]c1=S. The molecule has 0 saturated carbocycles. The molecule has 2 saturated heterocycles. The summed E-state index contributed by atoms with van der Waals surface area (Å²) in [6, 6.07) is 2.04. The maximum absolute atomic E-state index is 14.5. The van der Waals surface area contributed by atoms with Crippen LogP contribution in [0.4, 0.5) is 25.0 Å². The fourth-order valence-electron chi connectivity index (χ4n) is 4.37. The molecule has 2 aliphatic rings. The molecule has 4 rings (SSSR count). The van der Waals surface area contributed by atoms with E-state index in [2.05, 4.69) is 15.5 Å². The Labute approximate surface area is 179 Å². The topological polar surface area (TPSA) is 69.2 Å². The van der Waals surface area contributed by atoms with E-state index in [-0.39, 0.29) is 23.3 Å². The van der Waals surface area contributed by atoms with Crippen molar-refractivity contribution in [2.75, 3.05) is 36.4 Å². The van der Waals surface area contributed by atoms with E-state index < -0.39 is 11.6 Å². The fraction of sp³-hybridized carbons (Fsp3) is 0.550. The first-order valence-corrected chi connectivity index (χ1v) is 10.8. The smallest absolute Gasteiger partial charge is 0.321 e. The molecule has 1 aromatic heterocycles. The minimum absolute atomic E-state index is 0.00402. The molecule has 10 heteroatoms. The fourth-order valence-corrected chi connectivity index (χ4v) is 4.64. The molecule has 2 amide bonds. The van der Waals surface area contributed by atoms with Crippen molar-refractivity contribution in [1.82, 2.24) is 19.7 Å². The Morgan fingerprint density at radius 3 is 2.43 bits per heavy atom. The van der Waals surface area contributed by atoms with Crippen LogP contribution in [0.3, 0.4) is 0 Å². The van der Waals surface area contributed by atoms with Crippen molar-refractivity contribution >= 4 is 29.6 Å². The maximum atomic E-state index is 14.5. The average Bonchev–Trinajstić information content (AvgIpc) is 3.37. The Kier molecular flexibility index (Phi) is 6.03. The Bertz CT molecular complexity index is 953. The van der Waals surface area contributed by atoms with Gasteiger partial charge < -0.3 is 19.7 Å². The van der Waals surface area contributed by atoms with E-state index in [1.54, 1.807) is 9.80 Å². The Hall–Kier alpha value is -2.49. The van der Waals surface area contributed by atoms with Crippen LogP contribution in [0.15, 0.2) is 12.1 Å². The van der Waals surface area contributed by atoms with Crippen molar-refractivity contribution in [2.45, 2.75) is 45.1 Å². The Balaban J connectivity index is 1.38. The summed E-state index contributed by atoms with van der Waals surface area (Å²) < 4.78 is 31.6. The molecule has 0 radical (unpaired) electrons. The third kappa shape index (κ3) is 4.05. The van der Waals surface area contributed by atoms with Gasteiger partial charge in [0, 0.05) is 44.3 Å². The highest BCUT2D eigenvalue weighted by Crippen LogP contribution is 2.31. The number of aromatic amines is 1. The summed E-state index contributed by atoms with van der Waals surface area (Å²) in [4.78, 5) is 16.0. The van der Waals surface area contributed by atoms with Crippen molar-refractivity contribution in [3.8, 4) is 0 Å². The van der Waals surface area contributed by atoms with Crippen LogP contribution in [-0.2, 0) is 6.54 Å². The Morgan fingerprint density at radius 2 is 1.83 bits per heavy atom. The van der Waals surface area contributed by atoms with Gasteiger partial charge >= 0.3 is 6.03 Å². The lowest BCUT2D eigenvalue weighted by Crippen LogP contribution is -2.41. The van der Waals surface area contributed by atoms with Gasteiger partial charge in [0.15, 0.2) is 16.4 Å². The van der Waals surface area contributed by atoms with Crippen LogP contribution < -0.4 is 10.2 Å². The molecule has 1 aromatic carbocycles. The number of likely N-dealkylation sites (tertiary alicyclic amines) is 1. The largest absolute Gasteiger partial charge is 0.367 e. The van der Waals surface area contributed by atoms with Crippen molar-refractivity contribution in [3.63, 3.8) is 0 Å². The van der Waals surface area contributed by atoms with Gasteiger partial charge in [0.25, 0.3) is 0 Å². The summed E-state index contributed by atoms with van der Waals surface area (Å²) >= 11 is 5.25. The summed E-state index contributed by atoms with van der Waals surface area (Å²) in [6.07, 6.45) is 3.36. The number of hydrogen-bond acceptors (Lipinski definition) is 4. The first-order valence-electron chi connectivity index (χ1n) is 10.4. The monoisotopic (exact) mass is 436 g/mol. The highest BCUT2D eigenvalue weighted by Gasteiger charge is 2.28. The van der Waals surface area contributed by atoms with Gasteiger partial charge in [0.05, 0.1) is 0 Å². The standard InChI is InChI=1S/C20H26F2N6OS/c1-2-28-18(24-25-20(28)30)13-5-9-27(10-6-13)19(29)23-14-11-15(21)17(16(22)12-14)26-7-3-4-8-26/h11-13H,2-10H2,1H3,(H,23,29)(H,25,30). The van der Waals surface area contributed by atoms with Gasteiger partial charge in [-0.05, 0) is 57.0 Å². The number of anilines is 2. The lowest BCUT2D eigenvalue weighted by Gasteiger charge is -2.31. The van der Waals surface area contributed by atoms with Gasteiger partial charge in [-0.1, -0.05) is 0 Å². The molecule has 2 fully saturated rings. The summed E-state index contributed by atoms with van der Waals surface area (Å²) in [5.74, 6) is -0.151. The van der Waals surface area contributed by atoms with E-state index in [0.29, 0.717) is 31.0 Å². The molecule has 2 aromatic rings. The predicted molar refractivity (Wildman–Crippen MR) is 113 cm³/mol. The molecular weight excluding hydrogens is 410 g/mol. The van der Waals surface area contributed by atoms with E-state index in [4.69, 9.17) is 12.2 Å². The third-order valence-corrected chi connectivity index (χ3v) is 6.25. The van der Waals surface area contributed by atoms with Gasteiger partial charge in [-0.2, -0.15) is 5.10 Å². The number of aromatic nitrogens is 3. The first kappa shape index (κ1) is 20.8. The highest BCUT2D eigenvalue weighted by molar-refractivity contribution is 7.71. The summed E-state index contributed by atoms with van der Waals surface area (Å²) in [5, 5.41) is 9.82. The summed E-state index contributed by atoms with van der Waals surface area (Å²) in [7, 11) is 0. The number of carbonyl (C=O) groups excluding carboxylic acids is 1. The number of carbonyl (C=O) groups is 1. The lowest BCUT2D eigenvalue weighted by atomic mass is 9.96. The number of halogens is 2. The number of H-pyrrole nitrogens is 1. The van der Waals surface area contributed by atoms with Crippen molar-refractivity contribution in [1.29, 1.82) is 0 Å². The summed E-state index contributed by atoms with van der Waals surface area (Å²) in [5.41, 5.74) is 0.127. The number of hydrogen-bond donors (Lipinski definition) is 2. The number of nitrogens with one attached hydrogen (secondary N) is 2. The molecule has 2 N–H and O–H groups in total. The average molecular weight is 437 g/mol. The zero-order chi connectivity index (χ0) is 21.3. The third-order valence-electron chi connectivity index (χ3n) is 5.94. The van der Waals surface area contributed by atoms with E-state index in [0.717, 1.165) is 38.1 Å². The lowest BCUT2D eigenvalue weighted by molar-refractivity contribution is 0.193. The quantitative estimate of drug-likeness (QED) is 0.703. The van der Waals surface area contributed by atoms with Gasteiger partial charge in [0.2, 0.25) is 0 Å². The van der Waals surface area contributed by atoms with Crippen LogP contribution >= 0.6 is 12.2 Å². The molecule has 162 valence electrons. The molecule has 2 aliphatic heterocycles. The zero-order valence-corrected chi connectivity index (χ0v) is 17.8. The van der Waals surface area contributed by atoms with Crippen LogP contribution in [0.25, 0.3) is 0 Å². The van der Waals surface area contributed by atoms with Crippen molar-refractivity contribution in [3.05, 3.63) is 34.4 Å². The van der Waals surface area contributed by atoms with Crippen LogP contribution in [0.1, 0.15) is 44.3 Å². The van der Waals surface area contributed by atoms with Crippen LogP contribution in [0.2, 0.25) is 0 Å². The molecule has 30 heavy (non-hydrogen) atoms. The zero-order valence-electron chi connectivity index (χ0n) is 17.0. The first-order chi connectivity index (χ1) is 14.5. The normalized spacial score (nSPS) is 17.6. The van der Waals surface area contributed by atoms with Crippen LogP contribution in [0, 0.1) is 16.4 Å². The number of amides is 2. The predicted octanol–water partition coefficient (Wildman–Crippen LogP) is 4.25. The van der Waals surface area contributed by atoms with Gasteiger partial charge in [-0.25, -0.2) is 13.6 Å². The van der Waals surface area contributed by atoms with Gasteiger partial charge in [-0.15, -0.1) is 0 Å². The molecule has 7 nitrogen and oxygen atoms in total. The minimum atomic E-state index is -0.645. The van der Waals surface area contributed by atoms with E-state index in [1.165, 1.54) is 12.1 Å². The Morgan fingerprint density at radius 1 is 1.20 bits per heavy atom. The molecule has 0 unspecified atom stereocenters. The number of rotatable bonds is 4. The van der Waals surface area contributed by atoms with E-state index in [9.17, 15) is 13.6 Å². The molecule has 0 aliphatic carbocycles.